The van der Waals surface area contributed by atoms with E-state index < -0.39 is 0 Å². The van der Waals surface area contributed by atoms with E-state index in [0.717, 1.165) is 50.4 Å². The normalized spacial score (nSPS) is 11.5. The minimum Gasteiger partial charge on any atom is -0.338 e. The molecular weight excluding hydrogens is 379 g/mol. The Morgan fingerprint density at radius 3 is 1.81 bits per heavy atom. The maximum Gasteiger partial charge on any atom is 0.139 e. The molecule has 4 nitrogen and oxygen atoms in total. The Labute approximate surface area is 165 Å². The minimum atomic E-state index is 0.677. The van der Waals surface area contributed by atoms with Crippen molar-refractivity contribution < 1.29 is 0 Å². The second-order valence-corrected chi connectivity index (χ2v) is 7.42. The molecule has 0 saturated carbocycles. The number of fused-ring (bicyclic) bond motifs is 2. The zero-order valence-corrected chi connectivity index (χ0v) is 15.9. The maximum atomic E-state index is 6.11. The van der Waals surface area contributed by atoms with E-state index in [1.807, 2.05) is 36.4 Å². The van der Waals surface area contributed by atoms with Crippen LogP contribution in [0.5, 0.6) is 0 Å². The lowest BCUT2D eigenvalue weighted by Crippen LogP contribution is -1.90. The number of hydrogen-bond acceptors (Lipinski definition) is 2. The van der Waals surface area contributed by atoms with E-state index in [9.17, 15) is 0 Å². The van der Waals surface area contributed by atoms with Crippen molar-refractivity contribution >= 4 is 45.3 Å². The number of aromatic nitrogens is 4. The van der Waals surface area contributed by atoms with Gasteiger partial charge in [-0.25, -0.2) is 9.97 Å². The average Bonchev–Trinajstić information content (AvgIpc) is 3.24. The van der Waals surface area contributed by atoms with E-state index in [2.05, 4.69) is 35.1 Å². The molecule has 0 amide bonds. The van der Waals surface area contributed by atoms with Crippen LogP contribution in [0.1, 0.15) is 5.56 Å². The molecular formula is C21H14Cl2N4. The van der Waals surface area contributed by atoms with Crippen LogP contribution in [0, 0.1) is 6.92 Å². The summed E-state index contributed by atoms with van der Waals surface area (Å²) in [5.74, 6) is 1.56. The maximum absolute atomic E-state index is 6.11. The summed E-state index contributed by atoms with van der Waals surface area (Å²) in [6.07, 6.45) is 0. The molecule has 0 atom stereocenters. The van der Waals surface area contributed by atoms with Crippen LogP contribution in [-0.4, -0.2) is 19.9 Å². The molecule has 2 N–H and O–H groups in total. The Bertz CT molecular complexity index is 1320. The first kappa shape index (κ1) is 16.4. The SMILES string of the molecule is Cc1ccc(-c2nc3ccc(Cl)cc3[nH]2)c(-c2nc3ccc(Cl)cc3[nH]2)c1. The van der Waals surface area contributed by atoms with Crippen molar-refractivity contribution in [2.45, 2.75) is 6.92 Å². The Morgan fingerprint density at radius 2 is 1.22 bits per heavy atom. The third-order valence-electron chi connectivity index (χ3n) is 4.57. The number of nitrogens with zero attached hydrogens (tertiary/aromatic N) is 2. The standard InChI is InChI=1S/C21H14Cl2N4/c1-11-2-5-14(20-24-16-6-3-12(22)9-18(16)26-20)15(8-11)21-25-17-7-4-13(23)10-19(17)27-21/h2-10H,1H3,(H,24,26)(H,25,27). The molecule has 0 aliphatic rings. The summed E-state index contributed by atoms with van der Waals surface area (Å²) in [6, 6.07) is 17.5. The smallest absolute Gasteiger partial charge is 0.139 e. The van der Waals surface area contributed by atoms with E-state index in [0.29, 0.717) is 10.0 Å². The van der Waals surface area contributed by atoms with Crippen molar-refractivity contribution in [3.8, 4) is 22.8 Å². The van der Waals surface area contributed by atoms with Crippen LogP contribution in [0.2, 0.25) is 10.0 Å². The second-order valence-electron chi connectivity index (χ2n) is 6.54. The summed E-state index contributed by atoms with van der Waals surface area (Å²) in [5, 5.41) is 1.35. The van der Waals surface area contributed by atoms with Crippen molar-refractivity contribution in [2.75, 3.05) is 0 Å². The van der Waals surface area contributed by atoms with E-state index in [1.165, 1.54) is 0 Å². The number of halogens is 2. The first-order valence-corrected chi connectivity index (χ1v) is 9.24. The van der Waals surface area contributed by atoms with Gasteiger partial charge in [0.2, 0.25) is 0 Å². The van der Waals surface area contributed by atoms with Crippen LogP contribution in [0.25, 0.3) is 44.8 Å². The molecule has 2 aromatic heterocycles. The van der Waals surface area contributed by atoms with E-state index in [1.54, 1.807) is 0 Å². The molecule has 0 saturated heterocycles. The third kappa shape index (κ3) is 2.87. The van der Waals surface area contributed by atoms with Crippen LogP contribution >= 0.6 is 23.2 Å². The quantitative estimate of drug-likeness (QED) is 0.365. The number of H-pyrrole nitrogens is 2. The molecule has 0 bridgehead atoms. The molecule has 0 radical (unpaired) electrons. The predicted molar refractivity (Wildman–Crippen MR) is 111 cm³/mol. The van der Waals surface area contributed by atoms with Gasteiger partial charge in [0.15, 0.2) is 0 Å². The predicted octanol–water partition coefficient (Wildman–Crippen LogP) is 6.39. The van der Waals surface area contributed by atoms with Gasteiger partial charge in [-0.1, -0.05) is 40.9 Å². The highest BCUT2D eigenvalue weighted by atomic mass is 35.5. The number of imidazole rings is 2. The number of aromatic amines is 2. The first-order valence-electron chi connectivity index (χ1n) is 8.49. The molecule has 0 spiro atoms. The molecule has 0 aliphatic heterocycles. The molecule has 0 fully saturated rings. The summed E-state index contributed by atoms with van der Waals surface area (Å²) in [5.41, 5.74) is 6.65. The summed E-state index contributed by atoms with van der Waals surface area (Å²) in [7, 11) is 0. The summed E-state index contributed by atoms with van der Waals surface area (Å²) in [6.45, 7) is 2.06. The van der Waals surface area contributed by atoms with Gasteiger partial charge in [-0.2, -0.15) is 0 Å². The molecule has 2 heterocycles. The lowest BCUT2D eigenvalue weighted by atomic mass is 10.0. The van der Waals surface area contributed by atoms with Gasteiger partial charge in [0, 0.05) is 21.2 Å². The Morgan fingerprint density at radius 1 is 0.667 bits per heavy atom. The summed E-state index contributed by atoms with van der Waals surface area (Å²) >= 11 is 12.2. The van der Waals surface area contributed by atoms with Gasteiger partial charge in [0.05, 0.1) is 22.1 Å². The molecule has 132 valence electrons. The van der Waals surface area contributed by atoms with Crippen molar-refractivity contribution in [1.29, 1.82) is 0 Å². The van der Waals surface area contributed by atoms with Gasteiger partial charge in [-0.05, 0) is 49.4 Å². The largest absolute Gasteiger partial charge is 0.338 e. The van der Waals surface area contributed by atoms with Crippen molar-refractivity contribution in [3.05, 3.63) is 70.2 Å². The van der Waals surface area contributed by atoms with Gasteiger partial charge in [-0.3, -0.25) is 0 Å². The van der Waals surface area contributed by atoms with Crippen molar-refractivity contribution in [1.82, 2.24) is 19.9 Å². The molecule has 0 unspecified atom stereocenters. The molecule has 5 aromatic rings. The van der Waals surface area contributed by atoms with Gasteiger partial charge in [0.1, 0.15) is 11.6 Å². The highest BCUT2D eigenvalue weighted by Gasteiger charge is 2.15. The fourth-order valence-corrected chi connectivity index (χ4v) is 3.62. The number of benzene rings is 3. The van der Waals surface area contributed by atoms with E-state index >= 15 is 0 Å². The van der Waals surface area contributed by atoms with Gasteiger partial charge < -0.3 is 9.97 Å². The highest BCUT2D eigenvalue weighted by Crippen LogP contribution is 2.33. The number of nitrogens with one attached hydrogen (secondary N) is 2. The van der Waals surface area contributed by atoms with E-state index in [-0.39, 0.29) is 0 Å². The van der Waals surface area contributed by atoms with Crippen LogP contribution in [0.4, 0.5) is 0 Å². The number of aryl methyl sites for hydroxylation is 1. The molecule has 3 aromatic carbocycles. The zero-order chi connectivity index (χ0) is 18.5. The Hall–Kier alpha value is -2.82. The first-order chi connectivity index (χ1) is 13.1. The van der Waals surface area contributed by atoms with Crippen molar-refractivity contribution in [2.24, 2.45) is 0 Å². The van der Waals surface area contributed by atoms with E-state index in [4.69, 9.17) is 33.2 Å². The number of rotatable bonds is 2. The summed E-state index contributed by atoms with van der Waals surface area (Å²) in [4.78, 5) is 16.2. The van der Waals surface area contributed by atoms with Crippen molar-refractivity contribution in [3.63, 3.8) is 0 Å². The summed E-state index contributed by atoms with van der Waals surface area (Å²) < 4.78 is 0. The lowest BCUT2D eigenvalue weighted by molar-refractivity contribution is 1.29. The minimum absolute atomic E-state index is 0.677. The Kier molecular flexibility index (Phi) is 3.71. The fraction of sp³-hybridized carbons (Fsp3) is 0.0476. The number of hydrogen-bond donors (Lipinski definition) is 2. The fourth-order valence-electron chi connectivity index (χ4n) is 3.28. The third-order valence-corrected chi connectivity index (χ3v) is 5.04. The second kappa shape index (κ2) is 6.12. The Balaban J connectivity index is 1.72. The van der Waals surface area contributed by atoms with Gasteiger partial charge in [0.25, 0.3) is 0 Å². The molecule has 27 heavy (non-hydrogen) atoms. The topological polar surface area (TPSA) is 57.4 Å². The van der Waals surface area contributed by atoms with Crippen LogP contribution in [0.3, 0.4) is 0 Å². The van der Waals surface area contributed by atoms with Crippen LogP contribution in [-0.2, 0) is 0 Å². The molecule has 6 heteroatoms. The zero-order valence-electron chi connectivity index (χ0n) is 14.3. The van der Waals surface area contributed by atoms with Gasteiger partial charge >= 0.3 is 0 Å². The average molecular weight is 393 g/mol. The van der Waals surface area contributed by atoms with Gasteiger partial charge in [-0.15, -0.1) is 0 Å². The monoisotopic (exact) mass is 392 g/mol. The molecule has 5 rings (SSSR count). The van der Waals surface area contributed by atoms with Crippen LogP contribution in [0.15, 0.2) is 54.6 Å². The highest BCUT2D eigenvalue weighted by molar-refractivity contribution is 6.31. The lowest BCUT2D eigenvalue weighted by Gasteiger charge is -2.06. The van der Waals surface area contributed by atoms with Crippen LogP contribution < -0.4 is 0 Å². The molecule has 0 aliphatic carbocycles.